The Morgan fingerprint density at radius 1 is 1.31 bits per heavy atom. The van der Waals surface area contributed by atoms with Crippen LogP contribution in [0.3, 0.4) is 0 Å². The summed E-state index contributed by atoms with van der Waals surface area (Å²) in [7, 11) is 1.89. The van der Waals surface area contributed by atoms with Crippen LogP contribution >= 0.6 is 12.6 Å². The highest BCUT2D eigenvalue weighted by atomic mass is 32.1. The maximum atomic E-state index is 12.8. The van der Waals surface area contributed by atoms with Gasteiger partial charge in [0.25, 0.3) is 5.69 Å². The van der Waals surface area contributed by atoms with Gasteiger partial charge < -0.3 is 20.7 Å². The predicted octanol–water partition coefficient (Wildman–Crippen LogP) is 0.146. The van der Waals surface area contributed by atoms with E-state index in [0.29, 0.717) is 36.4 Å². The normalized spacial score (nSPS) is 22.0. The van der Waals surface area contributed by atoms with Crippen molar-refractivity contribution < 1.29 is 24.0 Å². The fourth-order valence-electron chi connectivity index (χ4n) is 4.15. The van der Waals surface area contributed by atoms with E-state index in [-0.39, 0.29) is 35.5 Å². The summed E-state index contributed by atoms with van der Waals surface area (Å²) in [5.41, 5.74) is 5.85. The fourth-order valence-corrected chi connectivity index (χ4v) is 4.61. The number of nitro benzene ring substituents is 1. The number of nitrogens with one attached hydrogen (secondary N) is 2. The SMILES string of the molecule is CN1C[C@@H](S)C[C@H]1C(=O)N1CC[C@H](NC(=O)CN(C(=N)N)C(=O)OCc2ccc([N+](=O)[O-])cc2)C1. The van der Waals surface area contributed by atoms with Crippen LogP contribution in [0.2, 0.25) is 0 Å². The van der Waals surface area contributed by atoms with Crippen LogP contribution in [0.25, 0.3) is 0 Å². The van der Waals surface area contributed by atoms with Gasteiger partial charge in [0.05, 0.1) is 11.0 Å². The first-order chi connectivity index (χ1) is 16.5. The molecule has 3 rings (SSSR count). The number of hydrogen-bond donors (Lipinski definition) is 4. The first-order valence-electron chi connectivity index (χ1n) is 11.0. The summed E-state index contributed by atoms with van der Waals surface area (Å²) in [5.74, 6) is -1.19. The van der Waals surface area contributed by atoms with Gasteiger partial charge >= 0.3 is 6.09 Å². The Kier molecular flexibility index (Phi) is 8.51. The van der Waals surface area contributed by atoms with Crippen LogP contribution in [-0.2, 0) is 20.9 Å². The predicted molar refractivity (Wildman–Crippen MR) is 129 cm³/mol. The number of carbonyl (C=O) groups excluding carboxylic acids is 3. The highest BCUT2D eigenvalue weighted by molar-refractivity contribution is 7.81. The van der Waals surface area contributed by atoms with Crippen molar-refractivity contribution >= 4 is 42.2 Å². The number of likely N-dealkylation sites (N-methyl/N-ethyl adjacent to an activating group) is 1. The van der Waals surface area contributed by atoms with E-state index in [1.807, 2.05) is 11.9 Å². The Morgan fingerprint density at radius 3 is 2.57 bits per heavy atom. The molecule has 14 heteroatoms. The number of amides is 3. The molecule has 2 fully saturated rings. The van der Waals surface area contributed by atoms with Gasteiger partial charge in [0.15, 0.2) is 5.96 Å². The van der Waals surface area contributed by atoms with E-state index in [1.165, 1.54) is 24.3 Å². The number of likely N-dealkylation sites (tertiary alicyclic amines) is 2. The van der Waals surface area contributed by atoms with Gasteiger partial charge in [-0.05, 0) is 37.6 Å². The van der Waals surface area contributed by atoms with Gasteiger partial charge in [-0.1, -0.05) is 0 Å². The van der Waals surface area contributed by atoms with Gasteiger partial charge in [-0.15, -0.1) is 0 Å². The molecule has 3 amide bonds. The van der Waals surface area contributed by atoms with Gasteiger partial charge in [-0.2, -0.15) is 12.6 Å². The minimum absolute atomic E-state index is 0.0148. The molecule has 0 aliphatic carbocycles. The molecule has 0 radical (unpaired) electrons. The molecule has 2 aliphatic heterocycles. The molecule has 1 aromatic carbocycles. The number of thiol groups is 1. The highest BCUT2D eigenvalue weighted by Gasteiger charge is 2.38. The van der Waals surface area contributed by atoms with Gasteiger partial charge in [0, 0.05) is 43.1 Å². The molecule has 4 N–H and O–H groups in total. The molecule has 35 heavy (non-hydrogen) atoms. The van der Waals surface area contributed by atoms with Gasteiger partial charge in [-0.25, -0.2) is 9.69 Å². The average Bonchev–Trinajstić information content (AvgIpc) is 3.40. The first kappa shape index (κ1) is 26.2. The second kappa shape index (κ2) is 11.4. The number of ether oxygens (including phenoxy) is 1. The molecule has 190 valence electrons. The summed E-state index contributed by atoms with van der Waals surface area (Å²) in [6.07, 6.45) is 0.254. The van der Waals surface area contributed by atoms with Crippen LogP contribution in [0.4, 0.5) is 10.5 Å². The number of nitrogens with two attached hydrogens (primary N) is 1. The van der Waals surface area contributed by atoms with E-state index in [2.05, 4.69) is 17.9 Å². The number of carbonyl (C=O) groups is 3. The number of guanidine groups is 1. The number of non-ortho nitro benzene ring substituents is 1. The van der Waals surface area contributed by atoms with Crippen molar-refractivity contribution in [2.24, 2.45) is 5.73 Å². The van der Waals surface area contributed by atoms with E-state index in [0.717, 1.165) is 6.54 Å². The van der Waals surface area contributed by atoms with Crippen LogP contribution in [-0.4, -0.2) is 94.1 Å². The number of rotatable bonds is 7. The lowest BCUT2D eigenvalue weighted by atomic mass is 10.2. The lowest BCUT2D eigenvalue weighted by Gasteiger charge is -2.25. The van der Waals surface area contributed by atoms with Crippen molar-refractivity contribution in [1.82, 2.24) is 20.0 Å². The summed E-state index contributed by atoms with van der Waals surface area (Å²) >= 11 is 4.46. The van der Waals surface area contributed by atoms with Crippen molar-refractivity contribution in [1.29, 1.82) is 5.41 Å². The van der Waals surface area contributed by atoms with E-state index < -0.39 is 29.4 Å². The number of nitro groups is 1. The quantitative estimate of drug-likeness (QED) is 0.133. The third-order valence-corrected chi connectivity index (χ3v) is 6.37. The number of hydrogen-bond acceptors (Lipinski definition) is 9. The number of benzene rings is 1. The van der Waals surface area contributed by atoms with Crippen molar-refractivity contribution in [2.45, 2.75) is 36.8 Å². The van der Waals surface area contributed by atoms with Crippen molar-refractivity contribution in [3.8, 4) is 0 Å². The number of nitrogens with zero attached hydrogens (tertiary/aromatic N) is 4. The van der Waals surface area contributed by atoms with E-state index in [4.69, 9.17) is 15.9 Å². The Balaban J connectivity index is 1.48. The fraction of sp³-hybridized carbons (Fsp3) is 0.524. The molecule has 13 nitrogen and oxygen atoms in total. The molecule has 0 saturated carbocycles. The van der Waals surface area contributed by atoms with Crippen LogP contribution in [0, 0.1) is 15.5 Å². The Hall–Kier alpha value is -3.39. The third-order valence-electron chi connectivity index (χ3n) is 6.00. The van der Waals surface area contributed by atoms with Crippen molar-refractivity contribution in [3.05, 3.63) is 39.9 Å². The summed E-state index contributed by atoms with van der Waals surface area (Å²) in [5, 5.41) is 21.3. The maximum Gasteiger partial charge on any atom is 0.417 e. The Labute approximate surface area is 207 Å². The Bertz CT molecular complexity index is 991. The third kappa shape index (κ3) is 6.82. The van der Waals surface area contributed by atoms with Crippen LogP contribution in [0.15, 0.2) is 24.3 Å². The summed E-state index contributed by atoms with van der Waals surface area (Å²) in [6.45, 7) is 0.876. The zero-order chi connectivity index (χ0) is 25.7. The summed E-state index contributed by atoms with van der Waals surface area (Å²) < 4.78 is 5.10. The Morgan fingerprint density at radius 2 is 2.00 bits per heavy atom. The largest absolute Gasteiger partial charge is 0.444 e. The molecule has 1 aromatic rings. The second-order valence-corrected chi connectivity index (χ2v) is 9.36. The lowest BCUT2D eigenvalue weighted by molar-refractivity contribution is -0.384. The van der Waals surface area contributed by atoms with E-state index in [9.17, 15) is 24.5 Å². The maximum absolute atomic E-state index is 12.8. The summed E-state index contributed by atoms with van der Waals surface area (Å²) in [4.78, 5) is 52.3. The molecule has 0 unspecified atom stereocenters. The van der Waals surface area contributed by atoms with Crippen molar-refractivity contribution in [2.75, 3.05) is 33.2 Å². The van der Waals surface area contributed by atoms with Crippen LogP contribution in [0.1, 0.15) is 18.4 Å². The minimum Gasteiger partial charge on any atom is -0.444 e. The minimum atomic E-state index is -1.00. The highest BCUT2D eigenvalue weighted by Crippen LogP contribution is 2.23. The van der Waals surface area contributed by atoms with E-state index >= 15 is 0 Å². The topological polar surface area (TPSA) is 175 Å². The molecule has 3 atom stereocenters. The standard InChI is InChI=1S/C21H29N7O6S/c1-25-10-16(35)8-17(25)19(30)26-7-6-14(9-26)24-18(29)11-27(20(22)23)21(31)34-12-13-2-4-15(5-3-13)28(32)33/h2-5,14,16-17,35H,6-12H2,1H3,(H3,22,23)(H,24,29)/t14-,16-,17-/m0/s1. The van der Waals surface area contributed by atoms with Crippen LogP contribution in [0.5, 0.6) is 0 Å². The van der Waals surface area contributed by atoms with Crippen molar-refractivity contribution in [3.63, 3.8) is 0 Å². The average molecular weight is 508 g/mol. The molecular weight excluding hydrogens is 478 g/mol. The zero-order valence-corrected chi connectivity index (χ0v) is 20.1. The molecule has 0 bridgehead atoms. The van der Waals surface area contributed by atoms with Crippen LogP contribution < -0.4 is 11.1 Å². The van der Waals surface area contributed by atoms with Gasteiger partial charge in [0.2, 0.25) is 11.8 Å². The smallest absolute Gasteiger partial charge is 0.417 e. The molecule has 2 aliphatic rings. The van der Waals surface area contributed by atoms with Gasteiger partial charge in [-0.3, -0.25) is 30.0 Å². The zero-order valence-electron chi connectivity index (χ0n) is 19.3. The molecule has 2 saturated heterocycles. The lowest BCUT2D eigenvalue weighted by Crippen LogP contribution is -2.50. The van der Waals surface area contributed by atoms with Gasteiger partial charge in [0.1, 0.15) is 13.2 Å². The summed E-state index contributed by atoms with van der Waals surface area (Å²) in [6, 6.07) is 4.92. The monoisotopic (exact) mass is 507 g/mol. The molecule has 0 aromatic heterocycles. The molecular formula is C21H29N7O6S. The molecule has 2 heterocycles. The second-order valence-electron chi connectivity index (χ2n) is 8.63. The van der Waals surface area contributed by atoms with E-state index in [1.54, 1.807) is 4.90 Å². The first-order valence-corrected chi connectivity index (χ1v) is 11.5. The molecule has 0 spiro atoms.